The van der Waals surface area contributed by atoms with Crippen molar-refractivity contribution >= 4 is 14.2 Å². The molecule has 1 atom stereocenters. The van der Waals surface area contributed by atoms with Crippen molar-refractivity contribution in [1.29, 1.82) is 0 Å². The van der Waals surface area contributed by atoms with Crippen LogP contribution in [0, 0.1) is 5.92 Å². The maximum atomic E-state index is 15.0. The smallest absolute Gasteiger partial charge is 0.247 e. The third-order valence-electron chi connectivity index (χ3n) is 3.69. The first-order valence-electron chi connectivity index (χ1n) is 7.76. The Hall–Kier alpha value is -0.443. The molecule has 0 aliphatic carbocycles. The molecule has 0 heterocycles. The van der Waals surface area contributed by atoms with Crippen LogP contribution in [0.4, 0.5) is 4.11 Å². The van der Waals surface area contributed by atoms with Crippen LogP contribution < -0.4 is 0 Å². The van der Waals surface area contributed by atoms with Crippen molar-refractivity contribution in [2.45, 2.75) is 77.4 Å². The van der Waals surface area contributed by atoms with E-state index in [0.717, 1.165) is 50.2 Å². The van der Waals surface area contributed by atoms with Gasteiger partial charge in [0.25, 0.3) is 0 Å². The molecule has 0 aliphatic heterocycles. The van der Waals surface area contributed by atoms with E-state index >= 15 is 0 Å². The number of rotatable bonds is 12. The lowest BCUT2D eigenvalue weighted by Gasteiger charge is -2.26. The van der Waals surface area contributed by atoms with Gasteiger partial charge in [0.05, 0.1) is 0 Å². The van der Waals surface area contributed by atoms with Crippen molar-refractivity contribution in [3.8, 4) is 0 Å². The SMILES string of the molecule is C=CCC(CCCC(C)=O)C[Si](F)(CCC)CCC. The Kier molecular flexibility index (Phi) is 10.1. The molecule has 0 spiro atoms. The lowest BCUT2D eigenvalue weighted by atomic mass is 10.00. The molecule has 0 fully saturated rings. The largest absolute Gasteiger partial charge is 0.314 e. The van der Waals surface area contributed by atoms with E-state index in [1.165, 1.54) is 0 Å². The number of carbonyl (C=O) groups is 1. The summed E-state index contributed by atoms with van der Waals surface area (Å²) in [6.45, 7) is 9.58. The Morgan fingerprint density at radius 2 is 1.89 bits per heavy atom. The third kappa shape index (κ3) is 9.14. The zero-order valence-electron chi connectivity index (χ0n) is 13.0. The minimum Gasteiger partial charge on any atom is -0.314 e. The topological polar surface area (TPSA) is 17.1 Å². The van der Waals surface area contributed by atoms with E-state index in [0.29, 0.717) is 12.3 Å². The third-order valence-corrected chi connectivity index (χ3v) is 7.79. The monoisotopic (exact) mass is 286 g/mol. The second-order valence-electron chi connectivity index (χ2n) is 5.84. The summed E-state index contributed by atoms with van der Waals surface area (Å²) in [6, 6.07) is 2.35. The summed E-state index contributed by atoms with van der Waals surface area (Å²) < 4.78 is 15.0. The first-order chi connectivity index (χ1) is 8.97. The van der Waals surface area contributed by atoms with Crippen LogP contribution in [0.5, 0.6) is 0 Å². The maximum Gasteiger partial charge on any atom is 0.247 e. The van der Waals surface area contributed by atoms with Gasteiger partial charge < -0.3 is 8.90 Å². The lowest BCUT2D eigenvalue weighted by molar-refractivity contribution is -0.117. The first-order valence-corrected chi connectivity index (χ1v) is 10.3. The number of carbonyl (C=O) groups excluding carboxylic acids is 1. The molecule has 0 aromatic heterocycles. The van der Waals surface area contributed by atoms with Gasteiger partial charge in [-0.1, -0.05) is 32.8 Å². The normalized spacial score (nSPS) is 13.3. The molecule has 0 bridgehead atoms. The molecular formula is C16H31FOSi. The van der Waals surface area contributed by atoms with Crippen LogP contribution >= 0.6 is 0 Å². The van der Waals surface area contributed by atoms with E-state index in [-0.39, 0.29) is 5.78 Å². The van der Waals surface area contributed by atoms with Gasteiger partial charge in [0.15, 0.2) is 0 Å². The highest BCUT2D eigenvalue weighted by Crippen LogP contribution is 2.33. The Bertz CT molecular complexity index is 259. The molecule has 0 aliphatic rings. The second-order valence-corrected chi connectivity index (χ2v) is 9.55. The standard InChI is InChI=1S/C16H31FOSi/c1-5-9-16(11-8-10-15(4)18)14-19(17,12-6-2)13-7-3/h5,16H,1,6-14H2,2-4H3. The molecule has 0 rings (SSSR count). The van der Waals surface area contributed by atoms with Gasteiger partial charge in [-0.2, -0.15) is 0 Å². The van der Waals surface area contributed by atoms with Gasteiger partial charge in [-0.15, -0.1) is 6.58 Å². The van der Waals surface area contributed by atoms with Crippen molar-refractivity contribution in [2.75, 3.05) is 0 Å². The Morgan fingerprint density at radius 3 is 2.32 bits per heavy atom. The molecule has 0 amide bonds. The average molecular weight is 287 g/mol. The summed E-state index contributed by atoms with van der Waals surface area (Å²) in [5.41, 5.74) is 0. The summed E-state index contributed by atoms with van der Waals surface area (Å²) in [5.74, 6) is 0.634. The zero-order valence-corrected chi connectivity index (χ0v) is 14.0. The van der Waals surface area contributed by atoms with Gasteiger partial charge in [0, 0.05) is 6.42 Å². The van der Waals surface area contributed by atoms with Crippen LogP contribution in [0.2, 0.25) is 18.1 Å². The molecular weight excluding hydrogens is 255 g/mol. The molecule has 19 heavy (non-hydrogen) atoms. The van der Waals surface area contributed by atoms with E-state index in [2.05, 4.69) is 20.4 Å². The molecule has 112 valence electrons. The summed E-state index contributed by atoms with van der Waals surface area (Å²) in [4.78, 5) is 11.0. The van der Waals surface area contributed by atoms with Crippen LogP contribution in [-0.2, 0) is 4.79 Å². The average Bonchev–Trinajstić information content (AvgIpc) is 2.29. The van der Waals surface area contributed by atoms with Crippen LogP contribution in [0.15, 0.2) is 12.7 Å². The number of hydrogen-bond acceptors (Lipinski definition) is 1. The fraction of sp³-hybridized carbons (Fsp3) is 0.812. The number of ketones is 1. The first kappa shape index (κ1) is 18.6. The summed E-state index contributed by atoms with van der Waals surface area (Å²) in [6.07, 6.45) is 7.22. The fourth-order valence-electron chi connectivity index (χ4n) is 2.92. The molecule has 0 N–H and O–H groups in total. The van der Waals surface area contributed by atoms with Crippen molar-refractivity contribution < 1.29 is 8.90 Å². The Labute approximate surface area is 119 Å². The van der Waals surface area contributed by atoms with E-state index in [9.17, 15) is 8.90 Å². The van der Waals surface area contributed by atoms with E-state index < -0.39 is 8.41 Å². The molecule has 1 nitrogen and oxygen atoms in total. The molecule has 3 heteroatoms. The highest BCUT2D eigenvalue weighted by atomic mass is 28.4. The van der Waals surface area contributed by atoms with Crippen molar-refractivity contribution in [1.82, 2.24) is 0 Å². The summed E-state index contributed by atoms with van der Waals surface area (Å²) in [5, 5.41) is 0. The molecule has 0 radical (unpaired) electrons. The van der Waals surface area contributed by atoms with Gasteiger partial charge >= 0.3 is 0 Å². The number of halogens is 1. The highest BCUT2D eigenvalue weighted by Gasteiger charge is 2.34. The number of allylic oxidation sites excluding steroid dienone is 1. The highest BCUT2D eigenvalue weighted by molar-refractivity contribution is 6.73. The van der Waals surface area contributed by atoms with Crippen LogP contribution in [0.3, 0.4) is 0 Å². The summed E-state index contributed by atoms with van der Waals surface area (Å²) in [7, 11) is -2.56. The van der Waals surface area contributed by atoms with E-state index in [4.69, 9.17) is 0 Å². The van der Waals surface area contributed by atoms with E-state index in [1.54, 1.807) is 6.92 Å². The minimum atomic E-state index is -2.56. The van der Waals surface area contributed by atoms with Crippen molar-refractivity contribution in [3.05, 3.63) is 12.7 Å². The minimum absolute atomic E-state index is 0.239. The molecule has 0 saturated carbocycles. The van der Waals surface area contributed by atoms with Crippen LogP contribution in [-0.4, -0.2) is 14.2 Å². The predicted octanol–water partition coefficient (Wildman–Crippen LogP) is 5.67. The van der Waals surface area contributed by atoms with Gasteiger partial charge in [-0.25, -0.2) is 0 Å². The predicted molar refractivity (Wildman–Crippen MR) is 84.7 cm³/mol. The van der Waals surface area contributed by atoms with Gasteiger partial charge in [0.2, 0.25) is 8.41 Å². The van der Waals surface area contributed by atoms with E-state index in [1.807, 2.05) is 6.08 Å². The molecule has 0 aromatic rings. The summed E-state index contributed by atoms with van der Waals surface area (Å²) >= 11 is 0. The van der Waals surface area contributed by atoms with Gasteiger partial charge in [0.1, 0.15) is 5.78 Å². The van der Waals surface area contributed by atoms with Crippen LogP contribution in [0.1, 0.15) is 59.3 Å². The maximum absolute atomic E-state index is 15.0. The second kappa shape index (κ2) is 10.4. The van der Waals surface area contributed by atoms with Crippen LogP contribution in [0.25, 0.3) is 0 Å². The van der Waals surface area contributed by atoms with Gasteiger partial charge in [-0.3, -0.25) is 0 Å². The number of hydrogen-bond donors (Lipinski definition) is 0. The zero-order chi connectivity index (χ0) is 14.7. The van der Waals surface area contributed by atoms with Gasteiger partial charge in [-0.05, 0) is 50.2 Å². The quantitative estimate of drug-likeness (QED) is 0.256. The number of Topliss-reactive ketones (excluding diaryl/α,β-unsaturated/α-hetero) is 1. The molecule has 1 unspecified atom stereocenters. The Balaban J connectivity index is 4.41. The molecule has 0 aromatic carbocycles. The van der Waals surface area contributed by atoms with Crippen molar-refractivity contribution in [3.63, 3.8) is 0 Å². The molecule has 0 saturated heterocycles. The fourth-order valence-corrected chi connectivity index (χ4v) is 6.78. The Morgan fingerprint density at radius 1 is 1.32 bits per heavy atom. The lowest BCUT2D eigenvalue weighted by Crippen LogP contribution is -2.30. The van der Waals surface area contributed by atoms with Crippen molar-refractivity contribution in [2.24, 2.45) is 5.92 Å².